The number of halogens is 1. The van der Waals surface area contributed by atoms with Gasteiger partial charge in [0.2, 0.25) is 0 Å². The number of hydrogen-bond acceptors (Lipinski definition) is 4. The minimum absolute atomic E-state index is 0.162. The Hall–Kier alpha value is -2.60. The van der Waals surface area contributed by atoms with Crippen LogP contribution in [0.25, 0.3) is 10.4 Å². The largest absolute Gasteiger partial charge is 0.457 e. The van der Waals surface area contributed by atoms with E-state index in [9.17, 15) is 9.92 Å². The van der Waals surface area contributed by atoms with Gasteiger partial charge < -0.3 is 14.2 Å². The van der Waals surface area contributed by atoms with E-state index in [2.05, 4.69) is 10.0 Å². The second kappa shape index (κ2) is 6.85. The van der Waals surface area contributed by atoms with Crippen LogP contribution in [-0.2, 0) is 9.47 Å². The van der Waals surface area contributed by atoms with E-state index in [0.29, 0.717) is 30.1 Å². The molecule has 0 spiro atoms. The molecule has 0 radical (unpaired) electrons. The molecular weight excluding hydrogens is 349 g/mol. The summed E-state index contributed by atoms with van der Waals surface area (Å²) in [5.41, 5.74) is 10.6. The molecule has 2 heterocycles. The summed E-state index contributed by atoms with van der Waals surface area (Å²) in [5, 5.41) is 4.02. The Bertz CT molecular complexity index is 911. The quantitative estimate of drug-likeness (QED) is 0.401. The maximum atomic E-state index is 14.0. The average molecular weight is 369 g/mol. The van der Waals surface area contributed by atoms with E-state index in [1.54, 1.807) is 6.07 Å². The number of rotatable bonds is 3. The van der Waals surface area contributed by atoms with Gasteiger partial charge in [-0.3, -0.25) is 0 Å². The molecule has 2 aromatic rings. The third-order valence-corrected chi connectivity index (χ3v) is 4.97. The molecule has 2 aliphatic rings. The van der Waals surface area contributed by atoms with Gasteiger partial charge in [0.1, 0.15) is 17.3 Å². The molecule has 4 rings (SSSR count). The summed E-state index contributed by atoms with van der Waals surface area (Å²) in [6, 6.07) is 11.3. The predicted molar refractivity (Wildman–Crippen MR) is 97.1 cm³/mol. The maximum absolute atomic E-state index is 14.0. The lowest BCUT2D eigenvalue weighted by atomic mass is 9.83. The Morgan fingerprint density at radius 3 is 2.70 bits per heavy atom. The van der Waals surface area contributed by atoms with E-state index in [4.69, 9.17) is 14.2 Å². The molecule has 0 saturated carbocycles. The second-order valence-corrected chi connectivity index (χ2v) is 7.26. The van der Waals surface area contributed by atoms with Crippen LogP contribution in [0.4, 0.5) is 4.39 Å². The lowest BCUT2D eigenvalue weighted by molar-refractivity contribution is -0.139. The van der Waals surface area contributed by atoms with Gasteiger partial charge in [-0.25, -0.2) is 4.39 Å². The molecule has 1 fully saturated rings. The zero-order chi connectivity index (χ0) is 19.0. The van der Waals surface area contributed by atoms with Gasteiger partial charge in [0.15, 0.2) is 5.79 Å². The van der Waals surface area contributed by atoms with Crippen LogP contribution < -0.4 is 4.74 Å². The standard InChI is InChI=1S/C20H20FN3O3/c1-20(2)25-11-13(27-20)10-15-14-5-3-4-6-17(14)26-18-8-7-12(21)9-16(18)19(15)23-24-22/h3-9,13,15,19H,10-11H2,1-2H3/t13-,15-,19-/m1/s1. The summed E-state index contributed by atoms with van der Waals surface area (Å²) >= 11 is 0. The normalized spacial score (nSPS) is 25.5. The van der Waals surface area contributed by atoms with Gasteiger partial charge in [0, 0.05) is 16.4 Å². The summed E-state index contributed by atoms with van der Waals surface area (Å²) in [5.74, 6) is -0.120. The number of nitrogens with zero attached hydrogens (tertiary/aromatic N) is 3. The van der Waals surface area contributed by atoms with Crippen LogP contribution in [0.15, 0.2) is 47.6 Å². The Morgan fingerprint density at radius 1 is 1.19 bits per heavy atom. The van der Waals surface area contributed by atoms with E-state index < -0.39 is 17.6 Å². The Morgan fingerprint density at radius 2 is 1.96 bits per heavy atom. The van der Waals surface area contributed by atoms with Crippen LogP contribution in [0, 0.1) is 5.82 Å². The molecule has 27 heavy (non-hydrogen) atoms. The highest BCUT2D eigenvalue weighted by molar-refractivity contribution is 5.49. The van der Waals surface area contributed by atoms with Crippen molar-refractivity contribution < 1.29 is 18.6 Å². The average Bonchev–Trinajstić information content (AvgIpc) is 2.92. The Labute approximate surface area is 156 Å². The lowest BCUT2D eigenvalue weighted by Crippen LogP contribution is -2.23. The number of azide groups is 1. The molecular formula is C20H20FN3O3. The highest BCUT2D eigenvalue weighted by Crippen LogP contribution is 2.49. The number of ether oxygens (including phenoxy) is 3. The van der Waals surface area contributed by atoms with Crippen LogP contribution in [0.3, 0.4) is 0 Å². The molecule has 0 N–H and O–H groups in total. The van der Waals surface area contributed by atoms with Crippen LogP contribution >= 0.6 is 0 Å². The minimum Gasteiger partial charge on any atom is -0.457 e. The number of benzene rings is 2. The van der Waals surface area contributed by atoms with Crippen LogP contribution in [0.2, 0.25) is 0 Å². The van der Waals surface area contributed by atoms with Crippen molar-refractivity contribution in [1.29, 1.82) is 0 Å². The summed E-state index contributed by atoms with van der Waals surface area (Å²) in [4.78, 5) is 3.03. The molecule has 2 aliphatic heterocycles. The van der Waals surface area contributed by atoms with Gasteiger partial charge in [0.25, 0.3) is 0 Å². The molecule has 0 amide bonds. The smallest absolute Gasteiger partial charge is 0.163 e. The van der Waals surface area contributed by atoms with Gasteiger partial charge in [-0.1, -0.05) is 23.3 Å². The van der Waals surface area contributed by atoms with Crippen molar-refractivity contribution in [2.45, 2.75) is 44.1 Å². The van der Waals surface area contributed by atoms with Crippen molar-refractivity contribution in [2.75, 3.05) is 6.61 Å². The highest BCUT2D eigenvalue weighted by atomic mass is 19.1. The zero-order valence-corrected chi connectivity index (χ0v) is 15.1. The highest BCUT2D eigenvalue weighted by Gasteiger charge is 2.39. The number of para-hydroxylation sites is 1. The van der Waals surface area contributed by atoms with Crippen molar-refractivity contribution in [3.63, 3.8) is 0 Å². The molecule has 0 aliphatic carbocycles. The number of hydrogen-bond donors (Lipinski definition) is 0. The number of fused-ring (bicyclic) bond motifs is 2. The van der Waals surface area contributed by atoms with E-state index in [1.165, 1.54) is 12.1 Å². The zero-order valence-electron chi connectivity index (χ0n) is 15.1. The van der Waals surface area contributed by atoms with E-state index >= 15 is 0 Å². The summed E-state index contributed by atoms with van der Waals surface area (Å²) in [6.45, 7) is 4.19. The van der Waals surface area contributed by atoms with Gasteiger partial charge in [-0.2, -0.15) is 0 Å². The van der Waals surface area contributed by atoms with Gasteiger partial charge in [-0.05, 0) is 55.6 Å². The van der Waals surface area contributed by atoms with E-state index in [1.807, 2.05) is 38.1 Å². The Kier molecular flexibility index (Phi) is 4.52. The SMILES string of the molecule is CC1(C)OC[C@@H](C[C@@H]2c3ccccc3Oc3ccc(F)cc3[C@@H]2N=[N+]=[N-])O1. The van der Waals surface area contributed by atoms with Crippen molar-refractivity contribution in [3.8, 4) is 11.5 Å². The third-order valence-electron chi connectivity index (χ3n) is 4.97. The first-order chi connectivity index (χ1) is 13.0. The fourth-order valence-corrected chi connectivity index (χ4v) is 3.85. The predicted octanol–water partition coefficient (Wildman–Crippen LogP) is 5.61. The summed E-state index contributed by atoms with van der Waals surface area (Å²) < 4.78 is 31.7. The molecule has 2 aromatic carbocycles. The summed E-state index contributed by atoms with van der Waals surface area (Å²) in [6.07, 6.45) is 0.397. The molecule has 140 valence electrons. The first-order valence-corrected chi connectivity index (χ1v) is 8.89. The fraction of sp³-hybridized carbons (Fsp3) is 0.400. The van der Waals surface area contributed by atoms with E-state index in [0.717, 1.165) is 5.56 Å². The molecule has 7 heteroatoms. The lowest BCUT2D eigenvalue weighted by Gasteiger charge is -2.26. The molecule has 0 unspecified atom stereocenters. The third kappa shape index (κ3) is 3.49. The monoisotopic (exact) mass is 369 g/mol. The van der Waals surface area contributed by atoms with Crippen molar-refractivity contribution >= 4 is 0 Å². The molecule has 0 bridgehead atoms. The second-order valence-electron chi connectivity index (χ2n) is 7.26. The molecule has 0 aromatic heterocycles. The van der Waals surface area contributed by atoms with Crippen molar-refractivity contribution in [1.82, 2.24) is 0 Å². The van der Waals surface area contributed by atoms with Crippen LogP contribution in [0.5, 0.6) is 11.5 Å². The van der Waals surface area contributed by atoms with Crippen molar-refractivity contribution in [3.05, 3.63) is 69.9 Å². The first-order valence-electron chi connectivity index (χ1n) is 8.89. The minimum atomic E-state index is -0.649. The molecule has 3 atom stereocenters. The van der Waals surface area contributed by atoms with Crippen molar-refractivity contribution in [2.24, 2.45) is 5.11 Å². The van der Waals surface area contributed by atoms with E-state index in [-0.39, 0.29) is 12.0 Å². The first kappa shape index (κ1) is 17.8. The van der Waals surface area contributed by atoms with Gasteiger partial charge in [0.05, 0.1) is 18.8 Å². The van der Waals surface area contributed by atoms with Gasteiger partial charge >= 0.3 is 0 Å². The topological polar surface area (TPSA) is 76.5 Å². The summed E-state index contributed by atoms with van der Waals surface area (Å²) in [7, 11) is 0. The van der Waals surface area contributed by atoms with Gasteiger partial charge in [-0.15, -0.1) is 0 Å². The fourth-order valence-electron chi connectivity index (χ4n) is 3.85. The van der Waals surface area contributed by atoms with Crippen LogP contribution in [-0.4, -0.2) is 18.5 Å². The van der Waals surface area contributed by atoms with Crippen LogP contribution in [0.1, 0.15) is 43.4 Å². The maximum Gasteiger partial charge on any atom is 0.163 e. The Balaban J connectivity index is 1.81. The molecule has 6 nitrogen and oxygen atoms in total. The molecule has 1 saturated heterocycles.